The molecule has 0 spiro atoms. The van der Waals surface area contributed by atoms with Gasteiger partial charge in [-0.25, -0.2) is 9.37 Å². The van der Waals surface area contributed by atoms with E-state index in [0.717, 1.165) is 11.4 Å². The number of ether oxygens (including phenoxy) is 1. The van der Waals surface area contributed by atoms with Crippen molar-refractivity contribution in [1.29, 1.82) is 0 Å². The third kappa shape index (κ3) is 4.92. The zero-order chi connectivity index (χ0) is 18.2. The molecule has 2 aromatic carbocycles. The van der Waals surface area contributed by atoms with Crippen LogP contribution in [-0.4, -0.2) is 23.1 Å². The van der Waals surface area contributed by atoms with Crippen LogP contribution in [0.2, 0.25) is 0 Å². The molecule has 0 amide bonds. The molecule has 3 rings (SSSR count). The number of benzene rings is 2. The summed E-state index contributed by atoms with van der Waals surface area (Å²) in [4.78, 5) is 8.64. The number of hydrogen-bond donors (Lipinski definition) is 2. The number of hydrogen-bond acceptors (Lipinski definition) is 5. The molecule has 0 saturated heterocycles. The topological polar surface area (TPSA) is 59.1 Å². The van der Waals surface area contributed by atoms with Crippen LogP contribution in [0.4, 0.5) is 21.8 Å². The molecule has 1 aromatic heterocycles. The first-order valence-corrected chi connectivity index (χ1v) is 8.55. The van der Waals surface area contributed by atoms with Crippen molar-refractivity contribution in [2.45, 2.75) is 13.3 Å². The summed E-state index contributed by atoms with van der Waals surface area (Å²) in [7, 11) is 0. The Morgan fingerprint density at radius 2 is 1.85 bits per heavy atom. The summed E-state index contributed by atoms with van der Waals surface area (Å²) in [6.07, 6.45) is 2.26. The molecular formula is C20H21FN4O. The first-order valence-electron chi connectivity index (χ1n) is 8.55. The van der Waals surface area contributed by atoms with E-state index in [-0.39, 0.29) is 5.82 Å². The Balaban J connectivity index is 1.56. The van der Waals surface area contributed by atoms with E-state index in [0.29, 0.717) is 36.9 Å². The van der Waals surface area contributed by atoms with Crippen molar-refractivity contribution in [1.82, 2.24) is 9.97 Å². The van der Waals surface area contributed by atoms with Crippen molar-refractivity contribution >= 4 is 17.5 Å². The minimum atomic E-state index is -0.185. The summed E-state index contributed by atoms with van der Waals surface area (Å²) in [6, 6.07) is 16.2. The third-order valence-corrected chi connectivity index (χ3v) is 3.74. The molecule has 6 heteroatoms. The fourth-order valence-corrected chi connectivity index (χ4v) is 2.47. The van der Waals surface area contributed by atoms with E-state index in [9.17, 15) is 4.39 Å². The molecule has 0 bridgehead atoms. The second-order valence-electron chi connectivity index (χ2n) is 5.62. The first-order chi connectivity index (χ1) is 12.7. The predicted molar refractivity (Wildman–Crippen MR) is 102 cm³/mol. The molecule has 0 atom stereocenters. The van der Waals surface area contributed by atoms with Gasteiger partial charge in [0, 0.05) is 18.4 Å². The highest BCUT2D eigenvalue weighted by Crippen LogP contribution is 2.18. The fourth-order valence-electron chi connectivity index (χ4n) is 2.47. The first kappa shape index (κ1) is 17.7. The molecule has 0 saturated carbocycles. The van der Waals surface area contributed by atoms with Crippen LogP contribution in [0.1, 0.15) is 12.5 Å². The van der Waals surface area contributed by atoms with Crippen molar-refractivity contribution in [2.24, 2.45) is 0 Å². The van der Waals surface area contributed by atoms with Crippen LogP contribution < -0.4 is 15.4 Å². The summed E-state index contributed by atoms with van der Waals surface area (Å²) >= 11 is 0. The normalized spacial score (nSPS) is 10.4. The predicted octanol–water partition coefficient (Wildman–Crippen LogP) is 4.41. The second-order valence-corrected chi connectivity index (χ2v) is 5.62. The number of rotatable bonds is 8. The van der Waals surface area contributed by atoms with Gasteiger partial charge >= 0.3 is 0 Å². The van der Waals surface area contributed by atoms with E-state index in [1.807, 2.05) is 37.3 Å². The fraction of sp³-hybridized carbons (Fsp3) is 0.200. The molecule has 0 aliphatic carbocycles. The number of anilines is 3. The summed E-state index contributed by atoms with van der Waals surface area (Å²) in [5, 5.41) is 6.35. The van der Waals surface area contributed by atoms with Gasteiger partial charge in [0.2, 0.25) is 5.95 Å². The Kier molecular flexibility index (Phi) is 5.98. The molecule has 0 unspecified atom stereocenters. The highest BCUT2D eigenvalue weighted by atomic mass is 19.1. The zero-order valence-electron chi connectivity index (χ0n) is 14.6. The van der Waals surface area contributed by atoms with Crippen LogP contribution >= 0.6 is 0 Å². The molecule has 2 N–H and O–H groups in total. The van der Waals surface area contributed by atoms with Crippen molar-refractivity contribution in [3.63, 3.8) is 0 Å². The molecule has 134 valence electrons. The maximum Gasteiger partial charge on any atom is 0.229 e. The molecule has 1 heterocycles. The van der Waals surface area contributed by atoms with E-state index in [1.165, 1.54) is 6.07 Å². The van der Waals surface area contributed by atoms with Crippen LogP contribution in [0, 0.1) is 5.82 Å². The van der Waals surface area contributed by atoms with Gasteiger partial charge in [-0.15, -0.1) is 0 Å². The van der Waals surface area contributed by atoms with Crippen molar-refractivity contribution in [2.75, 3.05) is 23.8 Å². The van der Waals surface area contributed by atoms with E-state index in [4.69, 9.17) is 4.74 Å². The van der Waals surface area contributed by atoms with Gasteiger partial charge in [-0.05, 0) is 55.3 Å². The van der Waals surface area contributed by atoms with Crippen LogP contribution in [0.3, 0.4) is 0 Å². The van der Waals surface area contributed by atoms with Gasteiger partial charge in [0.25, 0.3) is 0 Å². The minimum absolute atomic E-state index is 0.185. The van der Waals surface area contributed by atoms with Gasteiger partial charge in [-0.1, -0.05) is 18.2 Å². The molecular weight excluding hydrogens is 331 g/mol. The summed E-state index contributed by atoms with van der Waals surface area (Å²) in [5.74, 6) is 1.81. The van der Waals surface area contributed by atoms with Gasteiger partial charge < -0.3 is 15.4 Å². The largest absolute Gasteiger partial charge is 0.494 e. The molecule has 3 aromatic rings. The second kappa shape index (κ2) is 8.80. The van der Waals surface area contributed by atoms with Gasteiger partial charge in [0.05, 0.1) is 6.61 Å². The van der Waals surface area contributed by atoms with E-state index < -0.39 is 0 Å². The number of aromatic nitrogens is 2. The maximum atomic E-state index is 13.6. The lowest BCUT2D eigenvalue weighted by Gasteiger charge is -2.09. The summed E-state index contributed by atoms with van der Waals surface area (Å²) in [5.41, 5.74) is 1.55. The molecule has 0 fully saturated rings. The van der Waals surface area contributed by atoms with Crippen LogP contribution in [0.25, 0.3) is 0 Å². The van der Waals surface area contributed by atoms with Crippen LogP contribution in [0.5, 0.6) is 5.75 Å². The molecule has 0 radical (unpaired) electrons. The SMILES string of the molecule is CCOc1ccc(Nc2nccc(NCCc3ccccc3F)n2)cc1. The Morgan fingerprint density at radius 1 is 1.04 bits per heavy atom. The van der Waals surface area contributed by atoms with Gasteiger partial charge in [0.1, 0.15) is 17.4 Å². The average Bonchev–Trinajstić information content (AvgIpc) is 2.66. The van der Waals surface area contributed by atoms with Crippen molar-refractivity contribution in [3.05, 3.63) is 72.2 Å². The molecule has 0 aliphatic heterocycles. The number of nitrogens with zero attached hydrogens (tertiary/aromatic N) is 2. The lowest BCUT2D eigenvalue weighted by molar-refractivity contribution is 0.340. The Labute approximate surface area is 152 Å². The lowest BCUT2D eigenvalue weighted by Crippen LogP contribution is -2.08. The standard InChI is InChI=1S/C20H21FN4O/c1-2-26-17-9-7-16(8-10-17)24-20-23-14-12-19(25-20)22-13-11-15-5-3-4-6-18(15)21/h3-10,12,14H,2,11,13H2,1H3,(H2,22,23,24,25). The molecule has 0 aliphatic rings. The summed E-state index contributed by atoms with van der Waals surface area (Å²) < 4.78 is 19.0. The molecule has 26 heavy (non-hydrogen) atoms. The lowest BCUT2D eigenvalue weighted by atomic mass is 10.1. The monoisotopic (exact) mass is 352 g/mol. The Bertz CT molecular complexity index is 839. The minimum Gasteiger partial charge on any atom is -0.494 e. The van der Waals surface area contributed by atoms with Crippen molar-refractivity contribution < 1.29 is 9.13 Å². The van der Waals surface area contributed by atoms with Gasteiger partial charge in [-0.3, -0.25) is 0 Å². The molecule has 5 nitrogen and oxygen atoms in total. The third-order valence-electron chi connectivity index (χ3n) is 3.74. The smallest absolute Gasteiger partial charge is 0.229 e. The Morgan fingerprint density at radius 3 is 2.62 bits per heavy atom. The van der Waals surface area contributed by atoms with Gasteiger partial charge in [0.15, 0.2) is 0 Å². The highest BCUT2D eigenvalue weighted by Gasteiger charge is 2.03. The van der Waals surface area contributed by atoms with E-state index >= 15 is 0 Å². The van der Waals surface area contributed by atoms with E-state index in [2.05, 4.69) is 20.6 Å². The average molecular weight is 352 g/mol. The zero-order valence-corrected chi connectivity index (χ0v) is 14.6. The van der Waals surface area contributed by atoms with Crippen LogP contribution in [0.15, 0.2) is 60.8 Å². The van der Waals surface area contributed by atoms with Crippen LogP contribution in [-0.2, 0) is 6.42 Å². The Hall–Kier alpha value is -3.15. The maximum absolute atomic E-state index is 13.6. The highest BCUT2D eigenvalue weighted by molar-refractivity contribution is 5.55. The quantitative estimate of drug-likeness (QED) is 0.629. The van der Waals surface area contributed by atoms with Gasteiger partial charge in [-0.2, -0.15) is 4.98 Å². The number of halogens is 1. The van der Waals surface area contributed by atoms with Crippen molar-refractivity contribution in [3.8, 4) is 5.75 Å². The number of nitrogens with one attached hydrogen (secondary N) is 2. The summed E-state index contributed by atoms with van der Waals surface area (Å²) in [6.45, 7) is 3.17. The van der Waals surface area contributed by atoms with E-state index in [1.54, 1.807) is 24.4 Å².